The Kier molecular flexibility index (Phi) is 6.69. The van der Waals surface area contributed by atoms with Crippen LogP contribution in [-0.2, 0) is 10.0 Å². The summed E-state index contributed by atoms with van der Waals surface area (Å²) < 4.78 is 33.3. The van der Waals surface area contributed by atoms with E-state index in [1.165, 1.54) is 19.2 Å². The van der Waals surface area contributed by atoms with E-state index < -0.39 is 10.0 Å². The van der Waals surface area contributed by atoms with Crippen LogP contribution in [0.5, 0.6) is 5.75 Å². The van der Waals surface area contributed by atoms with Gasteiger partial charge in [-0.05, 0) is 49.8 Å². The first-order valence-corrected chi connectivity index (χ1v) is 10.6. The third-order valence-corrected chi connectivity index (χ3v) is 6.68. The van der Waals surface area contributed by atoms with Crippen molar-refractivity contribution in [3.05, 3.63) is 23.8 Å². The molecule has 0 spiro atoms. The first-order chi connectivity index (χ1) is 12.2. The molecule has 1 saturated heterocycles. The highest BCUT2D eigenvalue weighted by Gasteiger charge is 2.26. The molecule has 0 radical (unpaired) electrons. The van der Waals surface area contributed by atoms with Gasteiger partial charge in [0.05, 0.1) is 17.6 Å². The van der Waals surface area contributed by atoms with Gasteiger partial charge in [-0.25, -0.2) is 13.1 Å². The lowest BCUT2D eigenvalue weighted by Crippen LogP contribution is -2.38. The summed E-state index contributed by atoms with van der Waals surface area (Å²) in [5.74, 6) is 0.987. The fourth-order valence-electron chi connectivity index (χ4n) is 2.85. The topological polar surface area (TPSA) is 75.7 Å². The van der Waals surface area contributed by atoms with E-state index in [1.807, 2.05) is 20.8 Å². The molecule has 0 bridgehead atoms. The van der Waals surface area contributed by atoms with Crippen LogP contribution >= 0.6 is 0 Å². The van der Waals surface area contributed by atoms with E-state index in [0.717, 1.165) is 12.8 Å². The van der Waals surface area contributed by atoms with Crippen LogP contribution in [0.4, 0.5) is 0 Å². The molecule has 7 heteroatoms. The van der Waals surface area contributed by atoms with Gasteiger partial charge in [0, 0.05) is 19.1 Å². The molecule has 1 fully saturated rings. The number of hydrogen-bond acceptors (Lipinski definition) is 4. The fourth-order valence-corrected chi connectivity index (χ4v) is 4.27. The Morgan fingerprint density at radius 2 is 1.85 bits per heavy atom. The molecule has 0 saturated carbocycles. The molecule has 26 heavy (non-hydrogen) atoms. The molecule has 146 valence electrons. The average Bonchev–Trinajstić information content (AvgIpc) is 2.60. The summed E-state index contributed by atoms with van der Waals surface area (Å²) in [5, 5.41) is 0. The van der Waals surface area contributed by atoms with Gasteiger partial charge in [-0.2, -0.15) is 0 Å². The Morgan fingerprint density at radius 1 is 1.23 bits per heavy atom. The summed E-state index contributed by atoms with van der Waals surface area (Å²) in [5.41, 5.74) is 0.294. The lowest BCUT2D eigenvalue weighted by atomic mass is 9.98. The van der Waals surface area contributed by atoms with E-state index in [-0.39, 0.29) is 22.8 Å². The number of methoxy groups -OCH3 is 1. The van der Waals surface area contributed by atoms with E-state index in [9.17, 15) is 13.2 Å². The van der Waals surface area contributed by atoms with Gasteiger partial charge in [0.25, 0.3) is 5.91 Å². The number of carbonyl (C=O) groups excluding carboxylic acids is 1. The number of likely N-dealkylation sites (tertiary alicyclic amines) is 1. The van der Waals surface area contributed by atoms with Gasteiger partial charge in [-0.3, -0.25) is 4.79 Å². The van der Waals surface area contributed by atoms with Gasteiger partial charge in [-0.15, -0.1) is 0 Å². The number of nitrogens with zero attached hydrogens (tertiary/aromatic N) is 1. The second-order valence-corrected chi connectivity index (χ2v) is 9.20. The second kappa shape index (κ2) is 8.39. The largest absolute Gasteiger partial charge is 0.496 e. The second-order valence-electron chi connectivity index (χ2n) is 7.49. The van der Waals surface area contributed by atoms with Crippen LogP contribution in [-0.4, -0.2) is 45.5 Å². The standard InChI is InChI=1S/C19H30N2O4S/c1-13(2)15(4)20-26(23,24)16-6-7-18(25-5)17(12-16)19(22)21-10-8-14(3)9-11-21/h6-7,12-15,20H,8-11H2,1-5H3. The van der Waals surface area contributed by atoms with Crippen molar-refractivity contribution in [2.45, 2.75) is 51.5 Å². The molecule has 1 unspecified atom stereocenters. The molecule has 2 rings (SSSR count). The van der Waals surface area contributed by atoms with E-state index in [4.69, 9.17) is 4.74 Å². The maximum Gasteiger partial charge on any atom is 0.257 e. The molecule has 1 aliphatic heterocycles. The lowest BCUT2D eigenvalue weighted by Gasteiger charge is -2.30. The van der Waals surface area contributed by atoms with Gasteiger partial charge in [0.1, 0.15) is 5.75 Å². The fraction of sp³-hybridized carbons (Fsp3) is 0.632. The lowest BCUT2D eigenvalue weighted by molar-refractivity contribution is 0.0693. The van der Waals surface area contributed by atoms with Gasteiger partial charge in [0.2, 0.25) is 10.0 Å². The van der Waals surface area contributed by atoms with Crippen molar-refractivity contribution < 1.29 is 17.9 Å². The van der Waals surface area contributed by atoms with Crippen molar-refractivity contribution in [2.75, 3.05) is 20.2 Å². The van der Waals surface area contributed by atoms with Crippen LogP contribution in [0.1, 0.15) is 50.9 Å². The Morgan fingerprint density at radius 3 is 2.38 bits per heavy atom. The molecule has 1 amide bonds. The van der Waals surface area contributed by atoms with Crippen molar-refractivity contribution in [1.29, 1.82) is 0 Å². The number of piperidine rings is 1. The highest BCUT2D eigenvalue weighted by atomic mass is 32.2. The highest BCUT2D eigenvalue weighted by molar-refractivity contribution is 7.89. The third-order valence-electron chi connectivity index (χ3n) is 5.12. The number of ether oxygens (including phenoxy) is 1. The Labute approximate surface area is 157 Å². The quantitative estimate of drug-likeness (QED) is 0.821. The predicted octanol–water partition coefficient (Wildman–Crippen LogP) is 2.89. The average molecular weight is 383 g/mol. The number of carbonyl (C=O) groups is 1. The van der Waals surface area contributed by atoms with Gasteiger partial charge in [0.15, 0.2) is 0 Å². The molecule has 6 nitrogen and oxygen atoms in total. The molecule has 0 aromatic heterocycles. The zero-order chi connectivity index (χ0) is 19.5. The number of benzene rings is 1. The number of rotatable bonds is 6. The van der Waals surface area contributed by atoms with Crippen LogP contribution < -0.4 is 9.46 Å². The van der Waals surface area contributed by atoms with Crippen LogP contribution in [0.25, 0.3) is 0 Å². The van der Waals surface area contributed by atoms with Crippen LogP contribution in [0, 0.1) is 11.8 Å². The Hall–Kier alpha value is -1.60. The Bertz CT molecular complexity index is 738. The summed E-state index contributed by atoms with van der Waals surface area (Å²) in [6.07, 6.45) is 1.92. The van der Waals surface area contributed by atoms with E-state index in [1.54, 1.807) is 11.0 Å². The van der Waals surface area contributed by atoms with Crippen molar-refractivity contribution in [3.8, 4) is 5.75 Å². The molecule has 1 aromatic carbocycles. The minimum atomic E-state index is -3.70. The Balaban J connectivity index is 2.32. The van der Waals surface area contributed by atoms with Crippen LogP contribution in [0.2, 0.25) is 0 Å². The highest BCUT2D eigenvalue weighted by Crippen LogP contribution is 2.26. The first kappa shape index (κ1) is 20.7. The van der Waals surface area contributed by atoms with E-state index >= 15 is 0 Å². The molecule has 1 aliphatic rings. The molecule has 1 atom stereocenters. The number of hydrogen-bond donors (Lipinski definition) is 1. The predicted molar refractivity (Wildman–Crippen MR) is 102 cm³/mol. The van der Waals surface area contributed by atoms with Gasteiger partial charge < -0.3 is 9.64 Å². The monoisotopic (exact) mass is 382 g/mol. The third kappa shape index (κ3) is 4.76. The molecule has 1 aromatic rings. The van der Waals surface area contributed by atoms with Gasteiger partial charge in [-0.1, -0.05) is 20.8 Å². The maximum atomic E-state index is 12.9. The van der Waals surface area contributed by atoms with Crippen molar-refractivity contribution in [1.82, 2.24) is 9.62 Å². The molecule has 0 aliphatic carbocycles. The molecule has 1 N–H and O–H groups in total. The number of amides is 1. The van der Waals surface area contributed by atoms with Crippen LogP contribution in [0.3, 0.4) is 0 Å². The minimum absolute atomic E-state index is 0.0829. The summed E-state index contributed by atoms with van der Waals surface area (Å²) in [6.45, 7) is 9.27. The SMILES string of the molecule is COc1ccc(S(=O)(=O)NC(C)C(C)C)cc1C(=O)N1CCC(C)CC1. The summed E-state index contributed by atoms with van der Waals surface area (Å²) >= 11 is 0. The summed E-state index contributed by atoms with van der Waals surface area (Å²) in [6, 6.07) is 4.25. The normalized spacial score (nSPS) is 17.4. The first-order valence-electron chi connectivity index (χ1n) is 9.15. The maximum absolute atomic E-state index is 12.9. The van der Waals surface area contributed by atoms with Gasteiger partial charge >= 0.3 is 0 Å². The zero-order valence-electron chi connectivity index (χ0n) is 16.3. The smallest absolute Gasteiger partial charge is 0.257 e. The molecular weight excluding hydrogens is 352 g/mol. The van der Waals surface area contributed by atoms with Crippen molar-refractivity contribution in [2.24, 2.45) is 11.8 Å². The summed E-state index contributed by atoms with van der Waals surface area (Å²) in [4.78, 5) is 14.8. The minimum Gasteiger partial charge on any atom is -0.496 e. The summed E-state index contributed by atoms with van der Waals surface area (Å²) in [7, 11) is -2.22. The molecule has 1 heterocycles. The van der Waals surface area contributed by atoms with Crippen molar-refractivity contribution >= 4 is 15.9 Å². The number of nitrogens with one attached hydrogen (secondary N) is 1. The zero-order valence-corrected chi connectivity index (χ0v) is 17.1. The van der Waals surface area contributed by atoms with E-state index in [2.05, 4.69) is 11.6 Å². The van der Waals surface area contributed by atoms with Crippen LogP contribution in [0.15, 0.2) is 23.1 Å². The number of sulfonamides is 1. The molecular formula is C19H30N2O4S. The van der Waals surface area contributed by atoms with Crippen molar-refractivity contribution in [3.63, 3.8) is 0 Å². The van der Waals surface area contributed by atoms with E-state index in [0.29, 0.717) is 30.3 Å².